The normalized spacial score (nSPS) is 11.1. The summed E-state index contributed by atoms with van der Waals surface area (Å²) in [4.78, 5) is 23.6. The molecule has 2 aromatic carbocycles. The number of hydrogen-bond donors (Lipinski definition) is 1. The molecule has 0 atom stereocenters. The third-order valence-electron chi connectivity index (χ3n) is 4.71. The number of hydrogen-bond acceptors (Lipinski definition) is 5. The Morgan fingerprint density at radius 3 is 2.59 bits per heavy atom. The quantitative estimate of drug-likeness (QED) is 0.378. The average molecular weight is 404 g/mol. The summed E-state index contributed by atoms with van der Waals surface area (Å²) in [5.74, 6) is 0.505. The summed E-state index contributed by atoms with van der Waals surface area (Å²) in [6.07, 6.45) is 0.345. The molecule has 0 saturated heterocycles. The number of anilines is 1. The Bertz CT molecular complexity index is 1210. The van der Waals surface area contributed by atoms with Crippen LogP contribution >= 0.6 is 11.8 Å². The minimum Gasteiger partial charge on any atom is -0.326 e. The molecule has 7 heteroatoms. The molecule has 0 radical (unpaired) electrons. The molecule has 2 heterocycles. The summed E-state index contributed by atoms with van der Waals surface area (Å²) < 4.78 is 2.03. The van der Waals surface area contributed by atoms with Crippen molar-refractivity contribution in [2.45, 2.75) is 25.4 Å². The molecular weight excluding hydrogens is 384 g/mol. The Balaban J connectivity index is 1.43. The minimum absolute atomic E-state index is 0.00234. The number of amides is 1. The molecule has 0 aliphatic carbocycles. The zero-order chi connectivity index (χ0) is 20.4. The van der Waals surface area contributed by atoms with E-state index in [1.165, 1.54) is 18.7 Å². The molecular formula is C22H20N4O2S. The fourth-order valence-corrected chi connectivity index (χ4v) is 4.10. The molecule has 1 amide bonds. The smallest absolute Gasteiger partial charge is 0.225 e. The Morgan fingerprint density at radius 1 is 1.07 bits per heavy atom. The van der Waals surface area contributed by atoms with Gasteiger partial charge in [0.05, 0.1) is 5.52 Å². The summed E-state index contributed by atoms with van der Waals surface area (Å²) in [5.41, 5.74) is 4.33. The first-order chi connectivity index (χ1) is 14.0. The van der Waals surface area contributed by atoms with Crippen LogP contribution in [0.2, 0.25) is 0 Å². The van der Waals surface area contributed by atoms with E-state index < -0.39 is 0 Å². The van der Waals surface area contributed by atoms with Gasteiger partial charge < -0.3 is 5.32 Å². The third-order valence-corrected chi connectivity index (χ3v) is 5.64. The number of ketones is 1. The van der Waals surface area contributed by atoms with E-state index in [0.717, 1.165) is 27.3 Å². The van der Waals surface area contributed by atoms with Crippen LogP contribution in [0.5, 0.6) is 0 Å². The zero-order valence-electron chi connectivity index (χ0n) is 16.2. The van der Waals surface area contributed by atoms with Gasteiger partial charge in [-0.05, 0) is 55.8 Å². The molecule has 146 valence electrons. The minimum atomic E-state index is -0.0809. The summed E-state index contributed by atoms with van der Waals surface area (Å²) in [6.45, 7) is 3.58. The van der Waals surface area contributed by atoms with Crippen LogP contribution in [0.4, 0.5) is 5.69 Å². The average Bonchev–Trinajstić information content (AvgIpc) is 3.11. The van der Waals surface area contributed by atoms with E-state index in [9.17, 15) is 9.59 Å². The van der Waals surface area contributed by atoms with Crippen LogP contribution in [0, 0.1) is 6.92 Å². The first kappa shape index (κ1) is 19.1. The predicted molar refractivity (Wildman–Crippen MR) is 116 cm³/mol. The van der Waals surface area contributed by atoms with Crippen molar-refractivity contribution in [3.63, 3.8) is 0 Å². The Hall–Kier alpha value is -3.19. The highest BCUT2D eigenvalue weighted by atomic mass is 32.2. The van der Waals surface area contributed by atoms with Crippen LogP contribution in [0.3, 0.4) is 0 Å². The van der Waals surface area contributed by atoms with Gasteiger partial charge in [-0.2, -0.15) is 0 Å². The van der Waals surface area contributed by atoms with Crippen LogP contribution in [-0.4, -0.2) is 32.0 Å². The SMILES string of the molecule is CC(=O)c1ccc(NC(=O)CCSc2nnc3cc(C)c4ccccc4n23)cc1. The lowest BCUT2D eigenvalue weighted by Gasteiger charge is -2.08. The lowest BCUT2D eigenvalue weighted by atomic mass is 10.1. The number of carbonyl (C=O) groups excluding carboxylic acids is 2. The molecule has 0 fully saturated rings. The third kappa shape index (κ3) is 4.00. The van der Waals surface area contributed by atoms with E-state index in [2.05, 4.69) is 34.6 Å². The van der Waals surface area contributed by atoms with Gasteiger partial charge in [0.25, 0.3) is 0 Å². The van der Waals surface area contributed by atoms with Crippen molar-refractivity contribution in [3.05, 3.63) is 65.7 Å². The van der Waals surface area contributed by atoms with E-state index in [1.54, 1.807) is 24.3 Å². The molecule has 4 aromatic rings. The lowest BCUT2D eigenvalue weighted by molar-refractivity contribution is -0.115. The van der Waals surface area contributed by atoms with Gasteiger partial charge in [-0.1, -0.05) is 30.0 Å². The molecule has 0 saturated carbocycles. The number of pyridine rings is 1. The maximum absolute atomic E-state index is 12.2. The maximum atomic E-state index is 12.2. The van der Waals surface area contributed by atoms with Gasteiger partial charge in [0.1, 0.15) is 0 Å². The molecule has 0 spiro atoms. The van der Waals surface area contributed by atoms with Gasteiger partial charge >= 0.3 is 0 Å². The van der Waals surface area contributed by atoms with E-state index in [0.29, 0.717) is 23.4 Å². The molecule has 0 aliphatic heterocycles. The molecule has 0 aliphatic rings. The van der Waals surface area contributed by atoms with Crippen molar-refractivity contribution in [1.82, 2.24) is 14.6 Å². The van der Waals surface area contributed by atoms with Gasteiger partial charge in [0, 0.05) is 28.8 Å². The van der Waals surface area contributed by atoms with Gasteiger partial charge in [-0.15, -0.1) is 10.2 Å². The Kier molecular flexibility index (Phi) is 5.31. The predicted octanol–water partition coefficient (Wildman–Crippen LogP) is 4.51. The van der Waals surface area contributed by atoms with Crippen LogP contribution in [0.1, 0.15) is 29.3 Å². The van der Waals surface area contributed by atoms with Crippen molar-refractivity contribution in [1.29, 1.82) is 0 Å². The van der Waals surface area contributed by atoms with Crippen molar-refractivity contribution in [2.24, 2.45) is 0 Å². The van der Waals surface area contributed by atoms with E-state index in [-0.39, 0.29) is 11.7 Å². The van der Waals surface area contributed by atoms with Crippen molar-refractivity contribution in [3.8, 4) is 0 Å². The summed E-state index contributed by atoms with van der Waals surface area (Å²) in [6, 6.07) is 17.1. The summed E-state index contributed by atoms with van der Waals surface area (Å²) >= 11 is 1.51. The maximum Gasteiger partial charge on any atom is 0.225 e. The van der Waals surface area contributed by atoms with E-state index >= 15 is 0 Å². The number of para-hydroxylation sites is 1. The monoisotopic (exact) mass is 404 g/mol. The molecule has 4 rings (SSSR count). The highest BCUT2D eigenvalue weighted by Gasteiger charge is 2.12. The van der Waals surface area contributed by atoms with E-state index in [4.69, 9.17) is 0 Å². The largest absolute Gasteiger partial charge is 0.326 e. The van der Waals surface area contributed by atoms with Gasteiger partial charge in [-0.25, -0.2) is 0 Å². The fourth-order valence-electron chi connectivity index (χ4n) is 3.21. The Labute approximate surface area is 172 Å². The fraction of sp³-hybridized carbons (Fsp3) is 0.182. The van der Waals surface area contributed by atoms with Crippen molar-refractivity contribution < 1.29 is 9.59 Å². The molecule has 0 bridgehead atoms. The second-order valence-corrected chi connectivity index (χ2v) is 7.86. The highest BCUT2D eigenvalue weighted by molar-refractivity contribution is 7.99. The van der Waals surface area contributed by atoms with Crippen molar-refractivity contribution >= 4 is 45.7 Å². The van der Waals surface area contributed by atoms with Crippen LogP contribution < -0.4 is 5.32 Å². The first-order valence-electron chi connectivity index (χ1n) is 9.30. The number of Topliss-reactive ketones (excluding diaryl/α,β-unsaturated/α-hetero) is 1. The van der Waals surface area contributed by atoms with E-state index in [1.807, 2.05) is 22.6 Å². The molecule has 29 heavy (non-hydrogen) atoms. The number of nitrogens with zero attached hydrogens (tertiary/aromatic N) is 3. The molecule has 0 unspecified atom stereocenters. The second kappa shape index (κ2) is 8.05. The lowest BCUT2D eigenvalue weighted by Crippen LogP contribution is -2.12. The van der Waals surface area contributed by atoms with Crippen LogP contribution in [-0.2, 0) is 4.79 Å². The number of fused-ring (bicyclic) bond motifs is 3. The number of thioether (sulfide) groups is 1. The standard InChI is InChI=1S/C22H20N4O2S/c1-14-13-20-24-25-22(26(20)19-6-4-3-5-18(14)19)29-12-11-21(28)23-17-9-7-16(8-10-17)15(2)27/h3-10,13H,11-12H2,1-2H3,(H,23,28). The second-order valence-electron chi connectivity index (χ2n) is 6.80. The number of carbonyl (C=O) groups is 2. The number of benzene rings is 2. The van der Waals surface area contributed by atoms with Crippen molar-refractivity contribution in [2.75, 3.05) is 11.1 Å². The molecule has 6 nitrogen and oxygen atoms in total. The Morgan fingerprint density at radius 2 is 1.83 bits per heavy atom. The number of aryl methyl sites for hydroxylation is 1. The number of aromatic nitrogens is 3. The molecule has 1 N–H and O–H groups in total. The van der Waals surface area contributed by atoms with Gasteiger partial charge in [0.2, 0.25) is 5.91 Å². The number of nitrogens with one attached hydrogen (secondary N) is 1. The van der Waals surface area contributed by atoms with Crippen LogP contribution in [0.25, 0.3) is 16.6 Å². The molecule has 2 aromatic heterocycles. The topological polar surface area (TPSA) is 76.4 Å². The number of rotatable bonds is 6. The summed E-state index contributed by atoms with van der Waals surface area (Å²) in [5, 5.41) is 13.4. The highest BCUT2D eigenvalue weighted by Crippen LogP contribution is 2.26. The summed E-state index contributed by atoms with van der Waals surface area (Å²) in [7, 11) is 0. The van der Waals surface area contributed by atoms with Crippen LogP contribution in [0.15, 0.2) is 59.8 Å². The van der Waals surface area contributed by atoms with Gasteiger partial charge in [-0.3, -0.25) is 14.0 Å². The van der Waals surface area contributed by atoms with Gasteiger partial charge in [0.15, 0.2) is 16.6 Å². The zero-order valence-corrected chi connectivity index (χ0v) is 17.0. The first-order valence-corrected chi connectivity index (χ1v) is 10.3.